The zero-order valence-corrected chi connectivity index (χ0v) is 20.3. The summed E-state index contributed by atoms with van der Waals surface area (Å²) in [5.41, 5.74) is 1.67. The lowest BCUT2D eigenvalue weighted by Gasteiger charge is -2.26. The number of hydrogen-bond acceptors (Lipinski definition) is 6. The van der Waals surface area contributed by atoms with Gasteiger partial charge in [-0.1, -0.05) is 36.4 Å². The molecule has 1 aliphatic heterocycles. The third-order valence-electron chi connectivity index (χ3n) is 5.76. The second-order valence-corrected chi connectivity index (χ2v) is 8.90. The third-order valence-corrected chi connectivity index (χ3v) is 6.62. The highest BCUT2D eigenvalue weighted by Crippen LogP contribution is 2.34. The Morgan fingerprint density at radius 3 is 2.54 bits per heavy atom. The number of methoxy groups -OCH3 is 2. The van der Waals surface area contributed by atoms with Crippen LogP contribution in [0.4, 0.5) is 4.39 Å². The summed E-state index contributed by atoms with van der Waals surface area (Å²) in [6.07, 6.45) is 0.343. The number of hydrazone groups is 1. The van der Waals surface area contributed by atoms with Crippen LogP contribution in [0.15, 0.2) is 71.1 Å². The van der Waals surface area contributed by atoms with Crippen LogP contribution in [0.1, 0.15) is 33.3 Å². The number of hydrogen-bond donors (Lipinski definition) is 0. The molecular formula is C26H26FN3O4S. The molecule has 2 heterocycles. The molecule has 7 nitrogen and oxygen atoms in total. The average Bonchev–Trinajstić information content (AvgIpc) is 3.57. The van der Waals surface area contributed by atoms with Gasteiger partial charge in [0.1, 0.15) is 18.1 Å². The molecule has 0 fully saturated rings. The second-order valence-electron chi connectivity index (χ2n) is 7.95. The molecule has 0 radical (unpaired) electrons. The molecular weight excluding hydrogens is 469 g/mol. The SMILES string of the molecule is COCCN(CC(=O)N1N=C(c2ccccc2F)CC1c1ccc(OC)cc1)C(=O)c1cccs1. The molecule has 1 aliphatic rings. The summed E-state index contributed by atoms with van der Waals surface area (Å²) in [6.45, 7) is 0.362. The Kier molecular flexibility index (Phi) is 7.89. The molecule has 9 heteroatoms. The van der Waals surface area contributed by atoms with E-state index in [-0.39, 0.29) is 31.5 Å². The number of carbonyl (C=O) groups is 2. The number of halogens is 1. The summed E-state index contributed by atoms with van der Waals surface area (Å²) in [7, 11) is 3.12. The molecule has 1 atom stereocenters. The van der Waals surface area contributed by atoms with Crippen molar-refractivity contribution in [2.24, 2.45) is 5.10 Å². The zero-order chi connectivity index (χ0) is 24.8. The van der Waals surface area contributed by atoms with Crippen molar-refractivity contribution in [1.82, 2.24) is 9.91 Å². The van der Waals surface area contributed by atoms with Gasteiger partial charge < -0.3 is 14.4 Å². The highest BCUT2D eigenvalue weighted by molar-refractivity contribution is 7.12. The van der Waals surface area contributed by atoms with Crippen LogP contribution in [-0.2, 0) is 9.53 Å². The van der Waals surface area contributed by atoms with E-state index >= 15 is 0 Å². The first-order valence-electron chi connectivity index (χ1n) is 11.1. The van der Waals surface area contributed by atoms with Gasteiger partial charge in [0, 0.05) is 25.6 Å². The number of benzene rings is 2. The van der Waals surface area contributed by atoms with E-state index in [9.17, 15) is 14.0 Å². The van der Waals surface area contributed by atoms with Crippen molar-refractivity contribution >= 4 is 28.9 Å². The Morgan fingerprint density at radius 1 is 1.11 bits per heavy atom. The summed E-state index contributed by atoms with van der Waals surface area (Å²) in [5.74, 6) is -0.321. The van der Waals surface area contributed by atoms with Gasteiger partial charge in [-0.25, -0.2) is 9.40 Å². The molecule has 0 aliphatic carbocycles. The van der Waals surface area contributed by atoms with Gasteiger partial charge >= 0.3 is 0 Å². The van der Waals surface area contributed by atoms with Crippen LogP contribution in [0, 0.1) is 5.82 Å². The number of ether oxygens (including phenoxy) is 2. The van der Waals surface area contributed by atoms with E-state index in [0.717, 1.165) is 5.56 Å². The molecule has 182 valence electrons. The lowest BCUT2D eigenvalue weighted by molar-refractivity contribution is -0.133. The minimum atomic E-state index is -0.441. The normalized spacial score (nSPS) is 15.1. The van der Waals surface area contributed by atoms with Crippen LogP contribution in [0.5, 0.6) is 5.75 Å². The molecule has 0 saturated heterocycles. The van der Waals surface area contributed by atoms with Gasteiger partial charge in [0.2, 0.25) is 0 Å². The van der Waals surface area contributed by atoms with Crippen molar-refractivity contribution < 1.29 is 23.5 Å². The van der Waals surface area contributed by atoms with Gasteiger partial charge in [0.05, 0.1) is 30.3 Å². The second kappa shape index (κ2) is 11.2. The topological polar surface area (TPSA) is 71.4 Å². The van der Waals surface area contributed by atoms with Crippen molar-refractivity contribution in [1.29, 1.82) is 0 Å². The first-order chi connectivity index (χ1) is 17.0. The Morgan fingerprint density at radius 2 is 1.89 bits per heavy atom. The maximum absolute atomic E-state index is 14.5. The predicted molar refractivity (Wildman–Crippen MR) is 132 cm³/mol. The smallest absolute Gasteiger partial charge is 0.264 e. The van der Waals surface area contributed by atoms with Crippen LogP contribution >= 0.6 is 11.3 Å². The third kappa shape index (κ3) is 5.58. The van der Waals surface area contributed by atoms with Gasteiger partial charge in [-0.3, -0.25) is 9.59 Å². The van der Waals surface area contributed by atoms with Crippen molar-refractivity contribution in [2.45, 2.75) is 12.5 Å². The van der Waals surface area contributed by atoms with E-state index in [4.69, 9.17) is 9.47 Å². The number of thiophene rings is 1. The minimum Gasteiger partial charge on any atom is -0.497 e. The monoisotopic (exact) mass is 495 g/mol. The van der Waals surface area contributed by atoms with Crippen LogP contribution in [-0.4, -0.2) is 61.4 Å². The molecule has 0 spiro atoms. The fourth-order valence-corrected chi connectivity index (χ4v) is 4.62. The Balaban J connectivity index is 1.63. The van der Waals surface area contributed by atoms with Gasteiger partial charge in [-0.05, 0) is 35.2 Å². The highest BCUT2D eigenvalue weighted by Gasteiger charge is 2.35. The Labute approximate surface area is 207 Å². The first-order valence-corrected chi connectivity index (χ1v) is 12.0. The molecule has 4 rings (SSSR count). The molecule has 1 unspecified atom stereocenters. The van der Waals surface area contributed by atoms with Crippen molar-refractivity contribution in [3.63, 3.8) is 0 Å². The number of carbonyl (C=O) groups excluding carboxylic acids is 2. The quantitative estimate of drug-likeness (QED) is 0.442. The summed E-state index contributed by atoms with van der Waals surface area (Å²) in [6, 6.07) is 16.8. The molecule has 1 aromatic heterocycles. The van der Waals surface area contributed by atoms with Crippen LogP contribution < -0.4 is 4.74 Å². The molecule has 35 heavy (non-hydrogen) atoms. The lowest BCUT2D eigenvalue weighted by Crippen LogP contribution is -2.42. The zero-order valence-electron chi connectivity index (χ0n) is 19.5. The van der Waals surface area contributed by atoms with Crippen molar-refractivity contribution in [2.75, 3.05) is 33.9 Å². The average molecular weight is 496 g/mol. The van der Waals surface area contributed by atoms with E-state index in [2.05, 4.69) is 5.10 Å². The standard InChI is InChI=1S/C26H26FN3O4S/c1-33-14-13-29(26(32)24-8-5-15-35-24)17-25(31)30-23(18-9-11-19(34-2)12-10-18)16-22(28-30)20-6-3-4-7-21(20)27/h3-12,15,23H,13-14,16-17H2,1-2H3. The molecule has 0 bridgehead atoms. The summed E-state index contributed by atoms with van der Waals surface area (Å²) >= 11 is 1.31. The minimum absolute atomic E-state index is 0.180. The van der Waals surface area contributed by atoms with Crippen LogP contribution in [0.25, 0.3) is 0 Å². The number of nitrogens with zero attached hydrogens (tertiary/aromatic N) is 3. The van der Waals surface area contributed by atoms with Crippen LogP contribution in [0.2, 0.25) is 0 Å². The Bertz CT molecular complexity index is 1200. The molecule has 0 saturated carbocycles. The maximum atomic E-state index is 14.5. The molecule has 3 aromatic rings. The molecule has 0 N–H and O–H groups in total. The van der Waals surface area contributed by atoms with E-state index in [1.54, 1.807) is 44.6 Å². The summed E-state index contributed by atoms with van der Waals surface area (Å²) in [4.78, 5) is 28.6. The van der Waals surface area contributed by atoms with E-state index < -0.39 is 11.9 Å². The van der Waals surface area contributed by atoms with Crippen LogP contribution in [0.3, 0.4) is 0 Å². The van der Waals surface area contributed by atoms with E-state index in [0.29, 0.717) is 28.3 Å². The summed E-state index contributed by atoms with van der Waals surface area (Å²) in [5, 5.41) is 7.72. The lowest BCUT2D eigenvalue weighted by atomic mass is 9.98. The van der Waals surface area contributed by atoms with Gasteiger partial charge in [-0.15, -0.1) is 11.3 Å². The van der Waals surface area contributed by atoms with Crippen molar-refractivity contribution in [3.8, 4) is 5.75 Å². The highest BCUT2D eigenvalue weighted by atomic mass is 32.1. The van der Waals surface area contributed by atoms with E-state index in [1.807, 2.05) is 29.6 Å². The van der Waals surface area contributed by atoms with Gasteiger partial charge in [0.25, 0.3) is 11.8 Å². The fourth-order valence-electron chi connectivity index (χ4n) is 3.93. The first kappa shape index (κ1) is 24.6. The number of amides is 2. The summed E-state index contributed by atoms with van der Waals surface area (Å²) < 4.78 is 24.9. The molecule has 2 amide bonds. The maximum Gasteiger partial charge on any atom is 0.264 e. The van der Waals surface area contributed by atoms with Gasteiger partial charge in [0.15, 0.2) is 0 Å². The molecule has 2 aromatic carbocycles. The van der Waals surface area contributed by atoms with Crippen molar-refractivity contribution in [3.05, 3.63) is 87.9 Å². The predicted octanol–water partition coefficient (Wildman–Crippen LogP) is 4.36. The Hall–Kier alpha value is -3.56. The largest absolute Gasteiger partial charge is 0.497 e. The number of rotatable bonds is 9. The van der Waals surface area contributed by atoms with E-state index in [1.165, 1.54) is 27.3 Å². The fraction of sp³-hybridized carbons (Fsp3) is 0.269. The van der Waals surface area contributed by atoms with Gasteiger partial charge in [-0.2, -0.15) is 5.10 Å².